The molecule has 0 amide bonds. The van der Waals surface area contributed by atoms with Gasteiger partial charge in [-0.3, -0.25) is 0 Å². The minimum Gasteiger partial charge on any atom is -0.495 e. The zero-order valence-electron chi connectivity index (χ0n) is 12.1. The Morgan fingerprint density at radius 3 is 2.80 bits per heavy atom. The Morgan fingerprint density at radius 2 is 2.05 bits per heavy atom. The van der Waals surface area contributed by atoms with Crippen molar-refractivity contribution in [3.8, 4) is 5.75 Å². The quantitative estimate of drug-likeness (QED) is 0.904. The van der Waals surface area contributed by atoms with Crippen molar-refractivity contribution < 1.29 is 4.74 Å². The number of methoxy groups -OCH3 is 1. The third-order valence-electron chi connectivity index (χ3n) is 4.64. The lowest BCUT2D eigenvalue weighted by molar-refractivity contribution is 0.353. The summed E-state index contributed by atoms with van der Waals surface area (Å²) in [4.78, 5) is 2.45. The van der Waals surface area contributed by atoms with Crippen LogP contribution in [-0.2, 0) is 0 Å². The van der Waals surface area contributed by atoms with Crippen LogP contribution in [0.4, 0.5) is 5.69 Å². The van der Waals surface area contributed by atoms with Crippen molar-refractivity contribution in [1.29, 1.82) is 0 Å². The van der Waals surface area contributed by atoms with Gasteiger partial charge in [0.15, 0.2) is 0 Å². The van der Waals surface area contributed by atoms with Gasteiger partial charge in [-0.25, -0.2) is 0 Å². The standard InChI is InChI=1S/C16H23ClN2O/c1-20-15-6-5-13(17)11-14(15)19-10-4-9-18-16(12-19)7-2-3-8-16/h5-6,11,18H,2-4,7-10,12H2,1H3. The minimum atomic E-state index is 0.295. The molecule has 0 bridgehead atoms. The van der Waals surface area contributed by atoms with E-state index in [-0.39, 0.29) is 0 Å². The Balaban J connectivity index is 1.89. The van der Waals surface area contributed by atoms with Crippen LogP contribution in [0, 0.1) is 0 Å². The lowest BCUT2D eigenvalue weighted by atomic mass is 9.97. The molecule has 20 heavy (non-hydrogen) atoms. The number of nitrogens with zero attached hydrogens (tertiary/aromatic N) is 1. The molecule has 1 saturated heterocycles. The molecule has 1 aromatic carbocycles. The molecule has 110 valence electrons. The Hall–Kier alpha value is -0.930. The Morgan fingerprint density at radius 1 is 1.25 bits per heavy atom. The molecule has 0 atom stereocenters. The summed E-state index contributed by atoms with van der Waals surface area (Å²) in [5, 5.41) is 4.57. The van der Waals surface area contributed by atoms with E-state index in [9.17, 15) is 0 Å². The summed E-state index contributed by atoms with van der Waals surface area (Å²) in [5.41, 5.74) is 1.43. The summed E-state index contributed by atoms with van der Waals surface area (Å²) in [5.74, 6) is 0.921. The summed E-state index contributed by atoms with van der Waals surface area (Å²) >= 11 is 6.19. The van der Waals surface area contributed by atoms with Crippen LogP contribution < -0.4 is 15.0 Å². The van der Waals surface area contributed by atoms with Crippen molar-refractivity contribution in [3.63, 3.8) is 0 Å². The van der Waals surface area contributed by atoms with Crippen molar-refractivity contribution in [2.24, 2.45) is 0 Å². The van der Waals surface area contributed by atoms with Gasteiger partial charge in [-0.1, -0.05) is 24.4 Å². The molecule has 2 fully saturated rings. The smallest absolute Gasteiger partial charge is 0.142 e. The second kappa shape index (κ2) is 5.82. The molecule has 3 rings (SSSR count). The molecule has 4 heteroatoms. The van der Waals surface area contributed by atoms with Gasteiger partial charge in [0.25, 0.3) is 0 Å². The minimum absolute atomic E-state index is 0.295. The first-order valence-corrected chi connectivity index (χ1v) is 7.94. The first kappa shape index (κ1) is 14.0. The maximum Gasteiger partial charge on any atom is 0.142 e. The fourth-order valence-electron chi connectivity index (χ4n) is 3.63. The molecule has 1 aliphatic heterocycles. The van der Waals surface area contributed by atoms with Gasteiger partial charge >= 0.3 is 0 Å². The van der Waals surface area contributed by atoms with E-state index < -0.39 is 0 Å². The van der Waals surface area contributed by atoms with Crippen LogP contribution in [0.2, 0.25) is 5.02 Å². The van der Waals surface area contributed by atoms with Gasteiger partial charge in [-0.15, -0.1) is 0 Å². The average molecular weight is 295 g/mol. The summed E-state index contributed by atoms with van der Waals surface area (Å²) in [6, 6.07) is 5.90. The molecule has 3 nitrogen and oxygen atoms in total. The van der Waals surface area contributed by atoms with Gasteiger partial charge in [0.2, 0.25) is 0 Å². The second-order valence-corrected chi connectivity index (χ2v) is 6.44. The number of hydrogen-bond acceptors (Lipinski definition) is 3. The first-order chi connectivity index (χ1) is 9.72. The predicted octanol–water partition coefficient (Wildman–Crippen LogP) is 3.46. The molecule has 1 saturated carbocycles. The highest BCUT2D eigenvalue weighted by atomic mass is 35.5. The third-order valence-corrected chi connectivity index (χ3v) is 4.88. The number of benzene rings is 1. The summed E-state index contributed by atoms with van der Waals surface area (Å²) in [6.07, 6.45) is 6.41. The molecular formula is C16H23ClN2O. The first-order valence-electron chi connectivity index (χ1n) is 7.56. The van der Waals surface area contributed by atoms with Crippen LogP contribution in [0.3, 0.4) is 0 Å². The van der Waals surface area contributed by atoms with E-state index in [1.807, 2.05) is 18.2 Å². The topological polar surface area (TPSA) is 24.5 Å². The highest BCUT2D eigenvalue weighted by molar-refractivity contribution is 6.30. The Bertz CT molecular complexity index is 472. The van der Waals surface area contributed by atoms with Crippen LogP contribution in [0.15, 0.2) is 18.2 Å². The maximum atomic E-state index is 6.19. The van der Waals surface area contributed by atoms with Crippen LogP contribution in [0.5, 0.6) is 5.75 Å². The molecule has 1 spiro atoms. The highest BCUT2D eigenvalue weighted by Crippen LogP contribution is 2.37. The zero-order valence-corrected chi connectivity index (χ0v) is 12.9. The van der Waals surface area contributed by atoms with E-state index in [1.165, 1.54) is 25.7 Å². The molecule has 0 unspecified atom stereocenters. The van der Waals surface area contributed by atoms with Gasteiger partial charge < -0.3 is 15.0 Å². The number of halogens is 1. The van der Waals surface area contributed by atoms with Crippen molar-refractivity contribution in [2.75, 3.05) is 31.6 Å². The summed E-state index contributed by atoms with van der Waals surface area (Å²) in [6.45, 7) is 3.23. The number of hydrogen-bond donors (Lipinski definition) is 1. The van der Waals surface area contributed by atoms with Crippen LogP contribution in [0.1, 0.15) is 32.1 Å². The fraction of sp³-hybridized carbons (Fsp3) is 0.625. The highest BCUT2D eigenvalue weighted by Gasteiger charge is 2.37. The molecule has 0 radical (unpaired) electrons. The zero-order chi connectivity index (χ0) is 14.0. The molecule has 1 N–H and O–H groups in total. The van der Waals surface area contributed by atoms with E-state index in [0.717, 1.165) is 42.5 Å². The summed E-state index contributed by atoms with van der Waals surface area (Å²) < 4.78 is 5.52. The van der Waals surface area contributed by atoms with Crippen molar-refractivity contribution in [2.45, 2.75) is 37.6 Å². The van der Waals surface area contributed by atoms with Gasteiger partial charge in [0, 0.05) is 23.7 Å². The van der Waals surface area contributed by atoms with Crippen LogP contribution >= 0.6 is 11.6 Å². The molecule has 1 aliphatic carbocycles. The maximum absolute atomic E-state index is 6.19. The number of rotatable bonds is 2. The lowest BCUT2D eigenvalue weighted by Gasteiger charge is -2.35. The third kappa shape index (κ3) is 2.75. The van der Waals surface area contributed by atoms with Gasteiger partial charge in [0.1, 0.15) is 5.75 Å². The number of nitrogens with one attached hydrogen (secondary N) is 1. The van der Waals surface area contributed by atoms with Crippen molar-refractivity contribution >= 4 is 17.3 Å². The van der Waals surface area contributed by atoms with Crippen molar-refractivity contribution in [1.82, 2.24) is 5.32 Å². The van der Waals surface area contributed by atoms with Crippen molar-refractivity contribution in [3.05, 3.63) is 23.2 Å². The second-order valence-electron chi connectivity index (χ2n) is 6.01. The predicted molar refractivity (Wildman–Crippen MR) is 84.0 cm³/mol. The van der Waals surface area contributed by atoms with E-state index in [1.54, 1.807) is 7.11 Å². The van der Waals surface area contributed by atoms with E-state index in [2.05, 4.69) is 10.2 Å². The van der Waals surface area contributed by atoms with E-state index >= 15 is 0 Å². The number of ether oxygens (including phenoxy) is 1. The van der Waals surface area contributed by atoms with Crippen LogP contribution in [0.25, 0.3) is 0 Å². The van der Waals surface area contributed by atoms with E-state index in [4.69, 9.17) is 16.3 Å². The van der Waals surface area contributed by atoms with E-state index in [0.29, 0.717) is 5.54 Å². The molecule has 1 heterocycles. The lowest BCUT2D eigenvalue weighted by Crippen LogP contribution is -2.49. The molecule has 1 aromatic rings. The largest absolute Gasteiger partial charge is 0.495 e. The van der Waals surface area contributed by atoms with Gasteiger partial charge in [0.05, 0.1) is 12.8 Å². The van der Waals surface area contributed by atoms with Crippen LogP contribution in [-0.4, -0.2) is 32.3 Å². The van der Waals surface area contributed by atoms with Gasteiger partial charge in [-0.05, 0) is 44.0 Å². The summed E-state index contributed by atoms with van der Waals surface area (Å²) in [7, 11) is 1.73. The number of anilines is 1. The Kier molecular flexibility index (Phi) is 4.08. The molecule has 2 aliphatic rings. The normalized spacial score (nSPS) is 22.0. The molecular weight excluding hydrogens is 272 g/mol. The monoisotopic (exact) mass is 294 g/mol. The average Bonchev–Trinajstić information content (AvgIpc) is 2.79. The molecule has 0 aromatic heterocycles. The van der Waals surface area contributed by atoms with Gasteiger partial charge in [-0.2, -0.15) is 0 Å². The SMILES string of the molecule is COc1ccc(Cl)cc1N1CCCNC2(CCCC2)C1. The Labute approximate surface area is 126 Å². The fourth-order valence-corrected chi connectivity index (χ4v) is 3.79.